The minimum atomic E-state index is -4.04. The summed E-state index contributed by atoms with van der Waals surface area (Å²) in [4.78, 5) is 4.18. The number of hydrogen-bond donors (Lipinski definition) is 1. The summed E-state index contributed by atoms with van der Waals surface area (Å²) in [6, 6.07) is 9.23. The molecule has 1 atom stereocenters. The van der Waals surface area contributed by atoms with Gasteiger partial charge in [-0.25, -0.2) is 17.8 Å². The Kier molecular flexibility index (Phi) is 5.66. The van der Waals surface area contributed by atoms with Gasteiger partial charge in [-0.1, -0.05) is 12.1 Å². The zero-order valence-electron chi connectivity index (χ0n) is 15.6. The van der Waals surface area contributed by atoms with Crippen LogP contribution < -0.4 is 14.2 Å². The van der Waals surface area contributed by atoms with Crippen LogP contribution in [0.3, 0.4) is 0 Å². The van der Waals surface area contributed by atoms with Gasteiger partial charge in [-0.05, 0) is 29.8 Å². The number of methoxy groups -OCH3 is 2. The van der Waals surface area contributed by atoms with Crippen molar-refractivity contribution in [2.75, 3.05) is 14.2 Å². The molecule has 7 nitrogen and oxygen atoms in total. The maximum atomic E-state index is 13.4. The highest BCUT2D eigenvalue weighted by Crippen LogP contribution is 2.30. The molecule has 0 amide bonds. The Hall–Kier alpha value is -2.91. The molecule has 0 saturated heterocycles. The van der Waals surface area contributed by atoms with Gasteiger partial charge in [0.25, 0.3) is 0 Å². The molecule has 1 aromatic heterocycles. The number of nitrogens with zero attached hydrogens (tertiary/aromatic N) is 2. The summed E-state index contributed by atoms with van der Waals surface area (Å²) in [6.45, 7) is 0. The summed E-state index contributed by atoms with van der Waals surface area (Å²) in [7, 11) is 0.543. The lowest BCUT2D eigenvalue weighted by Gasteiger charge is -2.20. The van der Waals surface area contributed by atoms with Crippen molar-refractivity contribution in [1.82, 2.24) is 14.3 Å². The molecular weight excluding hydrogens is 385 g/mol. The minimum Gasteiger partial charge on any atom is -0.497 e. The van der Waals surface area contributed by atoms with Crippen molar-refractivity contribution in [2.45, 2.75) is 10.9 Å². The highest BCUT2D eigenvalue weighted by molar-refractivity contribution is 7.89. The van der Waals surface area contributed by atoms with Gasteiger partial charge in [0.05, 0.1) is 14.2 Å². The molecule has 9 heteroatoms. The van der Waals surface area contributed by atoms with Gasteiger partial charge in [-0.3, -0.25) is 0 Å². The van der Waals surface area contributed by atoms with Crippen molar-refractivity contribution in [3.63, 3.8) is 0 Å². The van der Waals surface area contributed by atoms with Crippen LogP contribution >= 0.6 is 0 Å². The fourth-order valence-electron chi connectivity index (χ4n) is 2.79. The summed E-state index contributed by atoms with van der Waals surface area (Å²) in [6.07, 6.45) is 3.26. The summed E-state index contributed by atoms with van der Waals surface area (Å²) in [5.41, 5.74) is 0.543. The number of sulfonamides is 1. The van der Waals surface area contributed by atoms with Gasteiger partial charge < -0.3 is 14.0 Å². The highest BCUT2D eigenvalue weighted by atomic mass is 32.2. The molecule has 0 bridgehead atoms. The van der Waals surface area contributed by atoms with E-state index in [1.54, 1.807) is 30.1 Å². The molecule has 0 radical (unpaired) electrons. The number of rotatable bonds is 7. The first-order valence-electron chi connectivity index (χ1n) is 8.32. The Morgan fingerprint density at radius 1 is 1.11 bits per heavy atom. The second-order valence-corrected chi connectivity index (χ2v) is 7.70. The number of aryl methyl sites for hydroxylation is 1. The molecule has 0 aliphatic heterocycles. The third-order valence-corrected chi connectivity index (χ3v) is 5.70. The second-order valence-electron chi connectivity index (χ2n) is 6.02. The number of aromatic nitrogens is 2. The fourth-order valence-corrected chi connectivity index (χ4v) is 4.16. The summed E-state index contributed by atoms with van der Waals surface area (Å²) >= 11 is 0. The van der Waals surface area contributed by atoms with E-state index < -0.39 is 21.9 Å². The van der Waals surface area contributed by atoms with Crippen LogP contribution in [0, 0.1) is 5.82 Å². The topological polar surface area (TPSA) is 82.4 Å². The van der Waals surface area contributed by atoms with Crippen LogP contribution in [0.1, 0.15) is 17.4 Å². The molecule has 3 rings (SSSR count). The van der Waals surface area contributed by atoms with Crippen LogP contribution in [0.2, 0.25) is 0 Å². The Balaban J connectivity index is 2.08. The van der Waals surface area contributed by atoms with E-state index in [0.29, 0.717) is 17.1 Å². The van der Waals surface area contributed by atoms with Gasteiger partial charge in [-0.15, -0.1) is 0 Å². The third kappa shape index (κ3) is 4.00. The van der Waals surface area contributed by atoms with Crippen molar-refractivity contribution in [3.05, 3.63) is 72.1 Å². The van der Waals surface area contributed by atoms with Crippen LogP contribution in [0.5, 0.6) is 11.5 Å². The van der Waals surface area contributed by atoms with Gasteiger partial charge in [0.1, 0.15) is 34.1 Å². The molecule has 1 unspecified atom stereocenters. The average molecular weight is 405 g/mol. The van der Waals surface area contributed by atoms with Crippen molar-refractivity contribution >= 4 is 10.0 Å². The van der Waals surface area contributed by atoms with E-state index in [4.69, 9.17) is 9.47 Å². The Bertz CT molecular complexity index is 1070. The van der Waals surface area contributed by atoms with E-state index in [9.17, 15) is 12.8 Å². The van der Waals surface area contributed by atoms with Crippen molar-refractivity contribution in [1.29, 1.82) is 0 Å². The summed E-state index contributed by atoms with van der Waals surface area (Å²) < 4.78 is 54.4. The fraction of sp³-hybridized carbons (Fsp3) is 0.211. The molecule has 3 aromatic rings. The molecule has 2 aromatic carbocycles. The zero-order valence-corrected chi connectivity index (χ0v) is 16.4. The highest BCUT2D eigenvalue weighted by Gasteiger charge is 2.28. The monoisotopic (exact) mass is 405 g/mol. The third-order valence-electron chi connectivity index (χ3n) is 4.25. The molecule has 1 N–H and O–H groups in total. The standard InChI is InChI=1S/C19H20FN3O4S/c1-23-11-10-21-19(23)18(13-4-6-14(20)7-5-13)22-28(24,25)17-12-15(26-2)8-9-16(17)27-3/h4-12,18,22H,1-3H3. The van der Waals surface area contributed by atoms with Gasteiger partial charge in [0.2, 0.25) is 10.0 Å². The predicted octanol–water partition coefficient (Wildman–Crippen LogP) is 2.64. The molecule has 1 heterocycles. The predicted molar refractivity (Wildman–Crippen MR) is 101 cm³/mol. The lowest BCUT2D eigenvalue weighted by molar-refractivity contribution is 0.391. The van der Waals surface area contributed by atoms with Gasteiger partial charge in [0.15, 0.2) is 0 Å². The lowest BCUT2D eigenvalue weighted by atomic mass is 10.1. The first-order valence-corrected chi connectivity index (χ1v) is 9.81. The Labute approximate surface area is 162 Å². The number of nitrogens with one attached hydrogen (secondary N) is 1. The quantitative estimate of drug-likeness (QED) is 0.654. The smallest absolute Gasteiger partial charge is 0.245 e. The number of hydrogen-bond acceptors (Lipinski definition) is 5. The molecule has 0 fully saturated rings. The van der Waals surface area contributed by atoms with Crippen LogP contribution in [0.25, 0.3) is 0 Å². The van der Waals surface area contributed by atoms with Crippen molar-refractivity contribution in [3.8, 4) is 11.5 Å². The molecule has 28 heavy (non-hydrogen) atoms. The number of halogens is 1. The van der Waals surface area contributed by atoms with Crippen LogP contribution in [-0.2, 0) is 17.1 Å². The first-order chi connectivity index (χ1) is 13.4. The second kappa shape index (κ2) is 7.99. The summed E-state index contributed by atoms with van der Waals surface area (Å²) in [5.74, 6) is 0.583. The van der Waals surface area contributed by atoms with E-state index in [0.717, 1.165) is 0 Å². The van der Waals surface area contributed by atoms with Gasteiger partial charge in [0, 0.05) is 25.5 Å². The van der Waals surface area contributed by atoms with Crippen molar-refractivity contribution in [2.24, 2.45) is 7.05 Å². The largest absolute Gasteiger partial charge is 0.497 e. The number of imidazole rings is 1. The zero-order chi connectivity index (χ0) is 20.3. The molecular formula is C19H20FN3O4S. The summed E-state index contributed by atoms with van der Waals surface area (Å²) in [5, 5.41) is 0. The van der Waals surface area contributed by atoms with Gasteiger partial charge in [-0.2, -0.15) is 4.72 Å². The van der Waals surface area contributed by atoms with Crippen LogP contribution in [-0.4, -0.2) is 32.2 Å². The van der Waals surface area contributed by atoms with E-state index in [1.165, 1.54) is 50.6 Å². The Morgan fingerprint density at radius 3 is 2.39 bits per heavy atom. The Morgan fingerprint density at radius 2 is 1.82 bits per heavy atom. The molecule has 0 aliphatic carbocycles. The molecule has 0 spiro atoms. The molecule has 148 valence electrons. The van der Waals surface area contributed by atoms with Crippen molar-refractivity contribution < 1.29 is 22.3 Å². The lowest BCUT2D eigenvalue weighted by Crippen LogP contribution is -2.31. The SMILES string of the molecule is COc1ccc(OC)c(S(=O)(=O)NC(c2ccc(F)cc2)c2nccn2C)c1. The van der Waals surface area contributed by atoms with Gasteiger partial charge >= 0.3 is 0 Å². The first kappa shape index (κ1) is 19.8. The molecule has 0 saturated carbocycles. The number of benzene rings is 2. The number of ether oxygens (including phenoxy) is 2. The minimum absolute atomic E-state index is 0.0735. The van der Waals surface area contributed by atoms with E-state index in [1.807, 2.05) is 0 Å². The average Bonchev–Trinajstić information content (AvgIpc) is 3.12. The molecule has 0 aliphatic rings. The maximum absolute atomic E-state index is 13.4. The van der Waals surface area contributed by atoms with Crippen LogP contribution in [0.4, 0.5) is 4.39 Å². The van der Waals surface area contributed by atoms with E-state index in [-0.39, 0.29) is 10.6 Å². The van der Waals surface area contributed by atoms with E-state index in [2.05, 4.69) is 9.71 Å². The normalized spacial score (nSPS) is 12.6. The maximum Gasteiger partial charge on any atom is 0.245 e. The van der Waals surface area contributed by atoms with E-state index >= 15 is 0 Å². The van der Waals surface area contributed by atoms with Crippen LogP contribution in [0.15, 0.2) is 59.8 Å².